The van der Waals surface area contributed by atoms with Gasteiger partial charge in [-0.25, -0.2) is 9.59 Å². The van der Waals surface area contributed by atoms with Gasteiger partial charge in [0.25, 0.3) is 0 Å². The van der Waals surface area contributed by atoms with Crippen LogP contribution in [0.2, 0.25) is 0 Å². The zero-order valence-electron chi connectivity index (χ0n) is 16.9. The Labute approximate surface area is 170 Å². The zero-order valence-corrected chi connectivity index (χ0v) is 16.9. The van der Waals surface area contributed by atoms with Crippen LogP contribution >= 0.6 is 0 Å². The van der Waals surface area contributed by atoms with Crippen molar-refractivity contribution in [3.05, 3.63) is 24.3 Å². The molecule has 0 aliphatic carbocycles. The molecule has 0 bridgehead atoms. The van der Waals surface area contributed by atoms with Crippen LogP contribution in [0, 0.1) is 0 Å². The fourth-order valence-electron chi connectivity index (χ4n) is 3.52. The van der Waals surface area contributed by atoms with E-state index in [0.717, 1.165) is 11.4 Å². The van der Waals surface area contributed by atoms with Gasteiger partial charge in [0.05, 0.1) is 19.3 Å². The third kappa shape index (κ3) is 5.10. The monoisotopic (exact) mass is 404 g/mol. The predicted octanol–water partition coefficient (Wildman–Crippen LogP) is 1.67. The Bertz CT molecular complexity index is 731. The Morgan fingerprint density at radius 2 is 1.69 bits per heavy atom. The first-order chi connectivity index (χ1) is 14.0. The molecule has 29 heavy (non-hydrogen) atoms. The van der Waals surface area contributed by atoms with Gasteiger partial charge in [0.1, 0.15) is 5.75 Å². The molecule has 2 aliphatic rings. The number of nitrogens with zero attached hydrogens (tertiary/aromatic N) is 3. The summed E-state index contributed by atoms with van der Waals surface area (Å²) in [6.07, 6.45) is -0.0817. The zero-order chi connectivity index (χ0) is 20.8. The van der Waals surface area contributed by atoms with Crippen molar-refractivity contribution in [3.63, 3.8) is 0 Å². The van der Waals surface area contributed by atoms with Crippen molar-refractivity contribution in [2.45, 2.75) is 26.3 Å². The molecule has 158 valence electrons. The molecule has 1 aromatic carbocycles. The van der Waals surface area contributed by atoms with E-state index in [1.807, 2.05) is 31.2 Å². The number of amides is 4. The molecule has 9 nitrogen and oxygen atoms in total. The molecule has 3 rings (SSSR count). The first-order valence-electron chi connectivity index (χ1n) is 10.0. The van der Waals surface area contributed by atoms with Crippen molar-refractivity contribution in [2.75, 3.05) is 50.8 Å². The number of ether oxygens (including phenoxy) is 2. The molecule has 0 aromatic heterocycles. The summed E-state index contributed by atoms with van der Waals surface area (Å²) in [6, 6.07) is 6.91. The highest BCUT2D eigenvalue weighted by atomic mass is 16.6. The lowest BCUT2D eigenvalue weighted by molar-refractivity contribution is -0.117. The summed E-state index contributed by atoms with van der Waals surface area (Å²) in [5, 5.41) is 2.94. The van der Waals surface area contributed by atoms with Crippen molar-refractivity contribution in [3.8, 4) is 5.75 Å². The summed E-state index contributed by atoms with van der Waals surface area (Å²) >= 11 is 0. The van der Waals surface area contributed by atoms with E-state index in [1.165, 1.54) is 0 Å². The van der Waals surface area contributed by atoms with Crippen LogP contribution in [0.3, 0.4) is 0 Å². The molecule has 1 atom stereocenters. The van der Waals surface area contributed by atoms with Crippen molar-refractivity contribution in [1.29, 1.82) is 0 Å². The van der Waals surface area contributed by atoms with E-state index < -0.39 is 0 Å². The second kappa shape index (κ2) is 9.49. The Hall–Kier alpha value is -2.97. The van der Waals surface area contributed by atoms with E-state index in [-0.39, 0.29) is 30.5 Å². The number of rotatable bonds is 5. The lowest BCUT2D eigenvalue weighted by Crippen LogP contribution is -2.54. The van der Waals surface area contributed by atoms with Gasteiger partial charge in [0.15, 0.2) is 0 Å². The molecule has 0 radical (unpaired) electrons. The van der Waals surface area contributed by atoms with Crippen molar-refractivity contribution in [1.82, 2.24) is 15.1 Å². The van der Waals surface area contributed by atoms with E-state index in [9.17, 15) is 14.4 Å². The normalized spacial score (nSPS) is 19.3. The first-order valence-corrected chi connectivity index (χ1v) is 10.0. The standard InChI is InChI=1S/C20H28N4O5/c1-3-28-17-7-5-16(6-8-17)24-14-15(13-18(24)25)21-19(26)22-9-11-23(12-10-22)20(27)29-4-2/h5-8,15H,3-4,9-14H2,1-2H3,(H,21,26). The molecule has 0 spiro atoms. The van der Waals surface area contributed by atoms with Crippen LogP contribution in [0.25, 0.3) is 0 Å². The molecule has 2 saturated heterocycles. The summed E-state index contributed by atoms with van der Waals surface area (Å²) in [5.41, 5.74) is 0.790. The molecule has 2 aliphatic heterocycles. The number of hydrogen-bond acceptors (Lipinski definition) is 5. The van der Waals surface area contributed by atoms with Crippen LogP contribution in [-0.4, -0.2) is 79.8 Å². The fraction of sp³-hybridized carbons (Fsp3) is 0.550. The Balaban J connectivity index is 1.49. The number of anilines is 1. The maximum atomic E-state index is 12.6. The van der Waals surface area contributed by atoms with Crippen LogP contribution in [-0.2, 0) is 9.53 Å². The summed E-state index contributed by atoms with van der Waals surface area (Å²) in [7, 11) is 0. The summed E-state index contributed by atoms with van der Waals surface area (Å²) < 4.78 is 10.4. The number of benzene rings is 1. The quantitative estimate of drug-likeness (QED) is 0.806. The van der Waals surface area contributed by atoms with E-state index in [2.05, 4.69) is 5.32 Å². The minimum atomic E-state index is -0.347. The largest absolute Gasteiger partial charge is 0.494 e. The average molecular weight is 404 g/mol. The molecule has 1 N–H and O–H groups in total. The second-order valence-corrected chi connectivity index (χ2v) is 6.95. The number of hydrogen-bond donors (Lipinski definition) is 1. The Morgan fingerprint density at radius 1 is 1.03 bits per heavy atom. The summed E-state index contributed by atoms with van der Waals surface area (Å²) in [6.45, 7) is 6.79. The fourth-order valence-corrected chi connectivity index (χ4v) is 3.52. The molecule has 2 fully saturated rings. The topological polar surface area (TPSA) is 91.4 Å². The molecule has 1 aromatic rings. The molecule has 9 heteroatoms. The van der Waals surface area contributed by atoms with Gasteiger partial charge in [-0.05, 0) is 38.1 Å². The average Bonchev–Trinajstić information content (AvgIpc) is 3.09. The molecule has 4 amide bonds. The number of piperazine rings is 1. The van der Waals surface area contributed by atoms with Crippen LogP contribution in [0.5, 0.6) is 5.75 Å². The smallest absolute Gasteiger partial charge is 0.409 e. The maximum absolute atomic E-state index is 12.6. The summed E-state index contributed by atoms with van der Waals surface area (Å²) in [4.78, 5) is 41.7. The van der Waals surface area contributed by atoms with Crippen LogP contribution < -0.4 is 15.0 Å². The molecular formula is C20H28N4O5. The van der Waals surface area contributed by atoms with Crippen molar-refractivity contribution >= 4 is 23.7 Å². The maximum Gasteiger partial charge on any atom is 0.409 e. The van der Waals surface area contributed by atoms with Crippen LogP contribution in [0.4, 0.5) is 15.3 Å². The Morgan fingerprint density at radius 3 is 2.31 bits per heavy atom. The second-order valence-electron chi connectivity index (χ2n) is 6.95. The van der Waals surface area contributed by atoms with Gasteiger partial charge in [-0.3, -0.25) is 4.79 Å². The number of carbonyl (C=O) groups excluding carboxylic acids is 3. The van der Waals surface area contributed by atoms with Gasteiger partial charge in [0.2, 0.25) is 5.91 Å². The number of urea groups is 1. The van der Waals surface area contributed by atoms with E-state index in [1.54, 1.807) is 21.6 Å². The first kappa shape index (κ1) is 20.8. The van der Waals surface area contributed by atoms with Gasteiger partial charge >= 0.3 is 12.1 Å². The molecule has 1 unspecified atom stereocenters. The molecular weight excluding hydrogens is 376 g/mol. The highest BCUT2D eigenvalue weighted by molar-refractivity contribution is 5.96. The third-order valence-electron chi connectivity index (χ3n) is 5.00. The van der Waals surface area contributed by atoms with E-state index in [0.29, 0.717) is 45.9 Å². The SMILES string of the molecule is CCOC(=O)N1CCN(C(=O)NC2CC(=O)N(c3ccc(OCC)cc3)C2)CC1. The van der Waals surface area contributed by atoms with E-state index >= 15 is 0 Å². The Kier molecular flexibility index (Phi) is 6.79. The third-order valence-corrected chi connectivity index (χ3v) is 5.00. The van der Waals surface area contributed by atoms with Crippen LogP contribution in [0.1, 0.15) is 20.3 Å². The minimum absolute atomic E-state index is 0.0217. The van der Waals surface area contributed by atoms with Gasteiger partial charge in [-0.2, -0.15) is 0 Å². The van der Waals surface area contributed by atoms with Crippen molar-refractivity contribution < 1.29 is 23.9 Å². The van der Waals surface area contributed by atoms with Gasteiger partial charge in [-0.15, -0.1) is 0 Å². The molecule has 0 saturated carbocycles. The highest BCUT2D eigenvalue weighted by Crippen LogP contribution is 2.24. The lowest BCUT2D eigenvalue weighted by atomic mass is 10.2. The van der Waals surface area contributed by atoms with Gasteiger partial charge in [0, 0.05) is 44.8 Å². The number of carbonyl (C=O) groups is 3. The summed E-state index contributed by atoms with van der Waals surface area (Å²) in [5.74, 6) is 0.737. The van der Waals surface area contributed by atoms with E-state index in [4.69, 9.17) is 9.47 Å². The molecule has 2 heterocycles. The minimum Gasteiger partial charge on any atom is -0.494 e. The van der Waals surface area contributed by atoms with Gasteiger partial charge < -0.3 is 29.5 Å². The number of nitrogens with one attached hydrogen (secondary N) is 1. The highest BCUT2D eigenvalue weighted by Gasteiger charge is 2.33. The van der Waals surface area contributed by atoms with Crippen LogP contribution in [0.15, 0.2) is 24.3 Å². The predicted molar refractivity (Wildman–Crippen MR) is 107 cm³/mol. The van der Waals surface area contributed by atoms with Gasteiger partial charge in [-0.1, -0.05) is 0 Å². The lowest BCUT2D eigenvalue weighted by Gasteiger charge is -2.34. The van der Waals surface area contributed by atoms with Crippen molar-refractivity contribution in [2.24, 2.45) is 0 Å².